The summed E-state index contributed by atoms with van der Waals surface area (Å²) in [6, 6.07) is 6.65. The van der Waals surface area contributed by atoms with Crippen molar-refractivity contribution in [1.82, 2.24) is 0 Å². The zero-order valence-electron chi connectivity index (χ0n) is 11.4. The molecule has 0 aliphatic rings. The zero-order chi connectivity index (χ0) is 14.7. The third-order valence-corrected chi connectivity index (χ3v) is 3.06. The van der Waals surface area contributed by atoms with Crippen LogP contribution in [-0.4, -0.2) is 6.04 Å². The minimum atomic E-state index is -0.957. The fourth-order valence-corrected chi connectivity index (χ4v) is 1.87. The molecule has 2 unspecified atom stereocenters. The van der Waals surface area contributed by atoms with E-state index in [0.29, 0.717) is 12.2 Å². The molecule has 1 heterocycles. The van der Waals surface area contributed by atoms with Gasteiger partial charge in [0.05, 0.1) is 0 Å². The summed E-state index contributed by atoms with van der Waals surface area (Å²) in [5.74, 6) is -0.347. The largest absolute Gasteiger partial charge is 0.481 e. The molecule has 20 heavy (non-hydrogen) atoms. The van der Waals surface area contributed by atoms with Gasteiger partial charge in [-0.05, 0) is 37.6 Å². The maximum Gasteiger partial charge on any atom is 0.171 e. The smallest absolute Gasteiger partial charge is 0.171 e. The second kappa shape index (κ2) is 6.05. The molecular weight excluding hydrogens is 264 g/mol. The van der Waals surface area contributed by atoms with Crippen molar-refractivity contribution in [2.24, 2.45) is 5.73 Å². The van der Waals surface area contributed by atoms with Crippen molar-refractivity contribution in [3.63, 3.8) is 0 Å². The first-order valence-electron chi connectivity index (χ1n) is 6.45. The van der Waals surface area contributed by atoms with Crippen molar-refractivity contribution in [2.75, 3.05) is 0 Å². The Balaban J connectivity index is 2.25. The van der Waals surface area contributed by atoms with Gasteiger partial charge in [0.1, 0.15) is 17.3 Å². The van der Waals surface area contributed by atoms with Crippen LogP contribution in [0.4, 0.5) is 8.78 Å². The van der Waals surface area contributed by atoms with Gasteiger partial charge < -0.3 is 14.9 Å². The van der Waals surface area contributed by atoms with Crippen LogP contribution in [0.2, 0.25) is 0 Å². The van der Waals surface area contributed by atoms with Crippen molar-refractivity contribution in [3.8, 4) is 5.75 Å². The number of hydrogen-bond acceptors (Lipinski definition) is 3. The lowest BCUT2D eigenvalue weighted by atomic mass is 10.1. The van der Waals surface area contributed by atoms with Crippen molar-refractivity contribution in [3.05, 3.63) is 53.5 Å². The summed E-state index contributed by atoms with van der Waals surface area (Å²) in [7, 11) is 0. The molecule has 1 aromatic carbocycles. The number of benzene rings is 1. The van der Waals surface area contributed by atoms with E-state index in [1.807, 2.05) is 13.8 Å². The van der Waals surface area contributed by atoms with Crippen molar-refractivity contribution in [1.29, 1.82) is 0 Å². The summed E-state index contributed by atoms with van der Waals surface area (Å²) >= 11 is 0. The van der Waals surface area contributed by atoms with Gasteiger partial charge in [-0.2, -0.15) is 0 Å². The predicted molar refractivity (Wildman–Crippen MR) is 71.4 cm³/mol. The fourth-order valence-electron chi connectivity index (χ4n) is 1.87. The van der Waals surface area contributed by atoms with Crippen LogP contribution >= 0.6 is 0 Å². The van der Waals surface area contributed by atoms with Gasteiger partial charge in [-0.15, -0.1) is 0 Å². The highest BCUT2D eigenvalue weighted by atomic mass is 19.2. The third-order valence-electron chi connectivity index (χ3n) is 3.06. The number of furan rings is 1. The van der Waals surface area contributed by atoms with E-state index in [2.05, 4.69) is 0 Å². The number of hydrogen-bond donors (Lipinski definition) is 1. The summed E-state index contributed by atoms with van der Waals surface area (Å²) in [6.45, 7) is 3.73. The summed E-state index contributed by atoms with van der Waals surface area (Å²) in [6.07, 6.45) is 0.118. The standard InChI is InChI=1S/C15H17F2NO2/c1-3-13(18)15(14-7-4-9(2)19-14)20-10-5-6-11(16)12(17)8-10/h4-8,13,15H,3,18H2,1-2H3. The Bertz CT molecular complexity index is 583. The molecule has 5 heteroatoms. The van der Waals surface area contributed by atoms with E-state index in [-0.39, 0.29) is 11.8 Å². The van der Waals surface area contributed by atoms with Crippen LogP contribution in [0.25, 0.3) is 0 Å². The van der Waals surface area contributed by atoms with Gasteiger partial charge >= 0.3 is 0 Å². The lowest BCUT2D eigenvalue weighted by Crippen LogP contribution is -2.31. The fraction of sp³-hybridized carbons (Fsp3) is 0.333. The van der Waals surface area contributed by atoms with E-state index in [9.17, 15) is 8.78 Å². The van der Waals surface area contributed by atoms with E-state index >= 15 is 0 Å². The van der Waals surface area contributed by atoms with Crippen LogP contribution in [0.15, 0.2) is 34.7 Å². The molecule has 0 saturated heterocycles. The molecule has 0 saturated carbocycles. The molecule has 0 aliphatic heterocycles. The van der Waals surface area contributed by atoms with Crippen LogP contribution in [0, 0.1) is 18.6 Å². The lowest BCUT2D eigenvalue weighted by Gasteiger charge is -2.22. The van der Waals surface area contributed by atoms with E-state index < -0.39 is 17.7 Å². The molecule has 3 nitrogen and oxygen atoms in total. The van der Waals surface area contributed by atoms with Crippen molar-refractivity contribution >= 4 is 0 Å². The lowest BCUT2D eigenvalue weighted by molar-refractivity contribution is 0.143. The van der Waals surface area contributed by atoms with E-state index in [0.717, 1.165) is 17.9 Å². The third kappa shape index (κ3) is 3.17. The Hall–Kier alpha value is -1.88. The molecule has 108 valence electrons. The first-order chi connectivity index (χ1) is 9.51. The topological polar surface area (TPSA) is 48.4 Å². The summed E-state index contributed by atoms with van der Waals surface area (Å²) in [5.41, 5.74) is 6.02. The molecule has 0 bridgehead atoms. The van der Waals surface area contributed by atoms with Crippen molar-refractivity contribution < 1.29 is 17.9 Å². The van der Waals surface area contributed by atoms with Crippen LogP contribution in [0.3, 0.4) is 0 Å². The Morgan fingerprint density at radius 2 is 1.95 bits per heavy atom. The van der Waals surface area contributed by atoms with Gasteiger partial charge in [-0.1, -0.05) is 6.92 Å². The molecule has 1 aromatic heterocycles. The number of aryl methyl sites for hydroxylation is 1. The highest BCUT2D eigenvalue weighted by Crippen LogP contribution is 2.27. The monoisotopic (exact) mass is 281 g/mol. The van der Waals surface area contributed by atoms with Gasteiger partial charge in [0.25, 0.3) is 0 Å². The zero-order valence-corrected chi connectivity index (χ0v) is 11.4. The summed E-state index contributed by atoms with van der Waals surface area (Å²) < 4.78 is 37.3. The predicted octanol–water partition coefficient (Wildman–Crippen LogP) is 3.72. The highest BCUT2D eigenvalue weighted by Gasteiger charge is 2.24. The van der Waals surface area contributed by atoms with Crippen LogP contribution < -0.4 is 10.5 Å². The molecule has 2 N–H and O–H groups in total. The van der Waals surface area contributed by atoms with E-state index in [4.69, 9.17) is 14.9 Å². The molecule has 0 radical (unpaired) electrons. The van der Waals surface area contributed by atoms with Crippen LogP contribution in [0.5, 0.6) is 5.75 Å². The van der Waals surface area contributed by atoms with E-state index in [1.165, 1.54) is 6.07 Å². The summed E-state index contributed by atoms with van der Waals surface area (Å²) in [4.78, 5) is 0. The normalized spacial score (nSPS) is 14.1. The molecule has 0 aliphatic carbocycles. The molecule has 0 amide bonds. The first kappa shape index (κ1) is 14.5. The number of halogens is 2. The highest BCUT2D eigenvalue weighted by molar-refractivity contribution is 5.25. The van der Waals surface area contributed by atoms with Gasteiger partial charge in [-0.25, -0.2) is 8.78 Å². The Kier molecular flexibility index (Phi) is 4.39. The first-order valence-corrected chi connectivity index (χ1v) is 6.45. The Labute approximate surface area is 116 Å². The Morgan fingerprint density at radius 1 is 1.20 bits per heavy atom. The number of ether oxygens (including phenoxy) is 1. The maximum atomic E-state index is 13.2. The van der Waals surface area contributed by atoms with Gasteiger partial charge in [0, 0.05) is 12.1 Å². The average Bonchev–Trinajstić information content (AvgIpc) is 2.85. The molecular formula is C15H17F2NO2. The minimum Gasteiger partial charge on any atom is -0.481 e. The SMILES string of the molecule is CCC(N)C(Oc1ccc(F)c(F)c1)c1ccc(C)o1. The molecule has 2 aromatic rings. The molecule has 2 rings (SSSR count). The van der Waals surface area contributed by atoms with Gasteiger partial charge in [-0.3, -0.25) is 0 Å². The molecule has 0 fully saturated rings. The van der Waals surface area contributed by atoms with Gasteiger partial charge in [0.15, 0.2) is 17.7 Å². The van der Waals surface area contributed by atoms with Gasteiger partial charge in [0.2, 0.25) is 0 Å². The Morgan fingerprint density at radius 3 is 2.50 bits per heavy atom. The number of rotatable bonds is 5. The quantitative estimate of drug-likeness (QED) is 0.908. The average molecular weight is 281 g/mol. The second-order valence-electron chi connectivity index (χ2n) is 4.63. The minimum absolute atomic E-state index is 0.215. The molecule has 2 atom stereocenters. The van der Waals surface area contributed by atoms with Crippen LogP contribution in [0.1, 0.15) is 31.0 Å². The number of nitrogens with two attached hydrogens (primary N) is 1. The summed E-state index contributed by atoms with van der Waals surface area (Å²) in [5, 5.41) is 0. The molecule has 0 spiro atoms. The van der Waals surface area contributed by atoms with Crippen molar-refractivity contribution in [2.45, 2.75) is 32.4 Å². The van der Waals surface area contributed by atoms with E-state index in [1.54, 1.807) is 12.1 Å². The second-order valence-corrected chi connectivity index (χ2v) is 4.63. The maximum absolute atomic E-state index is 13.2. The van der Waals surface area contributed by atoms with Crippen LogP contribution in [-0.2, 0) is 0 Å².